The first-order valence-corrected chi connectivity index (χ1v) is 5.18. The summed E-state index contributed by atoms with van der Waals surface area (Å²) in [5.41, 5.74) is 0.951. The number of aliphatic imine (C=N–C) groups is 1. The standard InChI is InChI=1S/C9H11BrN4/c1-14-3-2-12-9(14)13-8-4-7(10)5-11-6-8/h4-6H,2-3H2,1H3,(H,12,13). The fourth-order valence-electron chi connectivity index (χ4n) is 1.28. The van der Waals surface area contributed by atoms with Gasteiger partial charge in [0.15, 0.2) is 5.96 Å². The smallest absolute Gasteiger partial charge is 0.198 e. The van der Waals surface area contributed by atoms with E-state index in [1.54, 1.807) is 12.4 Å². The van der Waals surface area contributed by atoms with Gasteiger partial charge in [-0.1, -0.05) is 0 Å². The van der Waals surface area contributed by atoms with Gasteiger partial charge < -0.3 is 10.2 Å². The van der Waals surface area contributed by atoms with E-state index in [4.69, 9.17) is 0 Å². The van der Waals surface area contributed by atoms with E-state index in [0.29, 0.717) is 0 Å². The molecular formula is C9H11BrN4. The molecule has 2 heterocycles. The van der Waals surface area contributed by atoms with Gasteiger partial charge in [0, 0.05) is 24.3 Å². The molecule has 1 aromatic rings. The van der Waals surface area contributed by atoms with Gasteiger partial charge in [0.05, 0.1) is 18.4 Å². The van der Waals surface area contributed by atoms with Gasteiger partial charge in [-0.15, -0.1) is 0 Å². The minimum atomic E-state index is 0.861. The number of guanidine groups is 1. The molecule has 0 atom stereocenters. The van der Waals surface area contributed by atoms with Gasteiger partial charge in [-0.25, -0.2) is 0 Å². The van der Waals surface area contributed by atoms with E-state index in [2.05, 4.69) is 36.1 Å². The van der Waals surface area contributed by atoms with Crippen LogP contribution in [-0.2, 0) is 0 Å². The van der Waals surface area contributed by atoms with Crippen LogP contribution in [0.15, 0.2) is 27.9 Å². The van der Waals surface area contributed by atoms with Crippen molar-refractivity contribution >= 4 is 27.6 Å². The predicted octanol–water partition coefficient (Wildman–Crippen LogP) is 1.56. The lowest BCUT2D eigenvalue weighted by molar-refractivity contribution is 0.555. The molecule has 1 aliphatic heterocycles. The number of pyridine rings is 1. The Morgan fingerprint density at radius 2 is 2.36 bits per heavy atom. The normalized spacial score (nSPS) is 15.6. The van der Waals surface area contributed by atoms with E-state index < -0.39 is 0 Å². The lowest BCUT2D eigenvalue weighted by Crippen LogP contribution is -2.29. The molecule has 0 fully saturated rings. The summed E-state index contributed by atoms with van der Waals surface area (Å²) in [5.74, 6) is 0.907. The first-order valence-electron chi connectivity index (χ1n) is 4.39. The highest BCUT2D eigenvalue weighted by Crippen LogP contribution is 2.14. The summed E-state index contributed by atoms with van der Waals surface area (Å²) in [5, 5.41) is 3.21. The number of halogens is 1. The van der Waals surface area contributed by atoms with Crippen molar-refractivity contribution in [3.05, 3.63) is 22.9 Å². The summed E-state index contributed by atoms with van der Waals surface area (Å²) in [7, 11) is 2.02. The number of likely N-dealkylation sites (N-methyl/N-ethyl adjacent to an activating group) is 1. The molecule has 0 saturated carbocycles. The van der Waals surface area contributed by atoms with Crippen LogP contribution in [0.1, 0.15) is 0 Å². The Labute approximate surface area is 91.2 Å². The number of nitrogens with one attached hydrogen (secondary N) is 1. The SMILES string of the molecule is CN1CCN=C1Nc1cncc(Br)c1. The third-order valence-electron chi connectivity index (χ3n) is 2.02. The van der Waals surface area contributed by atoms with Crippen LogP contribution in [0.2, 0.25) is 0 Å². The minimum Gasteiger partial charge on any atom is -0.344 e. The summed E-state index contributed by atoms with van der Waals surface area (Å²) in [6.07, 6.45) is 3.53. The maximum absolute atomic E-state index is 4.33. The number of nitrogens with zero attached hydrogens (tertiary/aromatic N) is 3. The van der Waals surface area contributed by atoms with Crippen LogP contribution < -0.4 is 5.32 Å². The van der Waals surface area contributed by atoms with Crippen LogP contribution in [0, 0.1) is 0 Å². The number of rotatable bonds is 1. The molecule has 1 N–H and O–H groups in total. The molecule has 0 unspecified atom stereocenters. The van der Waals surface area contributed by atoms with E-state index in [9.17, 15) is 0 Å². The quantitative estimate of drug-likeness (QED) is 0.827. The number of aromatic nitrogens is 1. The first-order chi connectivity index (χ1) is 6.75. The molecule has 0 aliphatic carbocycles. The van der Waals surface area contributed by atoms with Crippen LogP contribution in [0.25, 0.3) is 0 Å². The van der Waals surface area contributed by atoms with Gasteiger partial charge in [0.2, 0.25) is 0 Å². The molecule has 0 spiro atoms. The van der Waals surface area contributed by atoms with Gasteiger partial charge in [-0.2, -0.15) is 0 Å². The van der Waals surface area contributed by atoms with Crippen LogP contribution >= 0.6 is 15.9 Å². The van der Waals surface area contributed by atoms with Crippen LogP contribution in [0.3, 0.4) is 0 Å². The zero-order valence-corrected chi connectivity index (χ0v) is 9.45. The zero-order valence-electron chi connectivity index (χ0n) is 7.87. The third-order valence-corrected chi connectivity index (χ3v) is 2.45. The second kappa shape index (κ2) is 3.96. The molecule has 0 amide bonds. The molecule has 0 radical (unpaired) electrons. The highest BCUT2D eigenvalue weighted by atomic mass is 79.9. The first kappa shape index (κ1) is 9.45. The van der Waals surface area contributed by atoms with Crippen molar-refractivity contribution in [1.29, 1.82) is 0 Å². The van der Waals surface area contributed by atoms with Crippen molar-refractivity contribution in [2.75, 3.05) is 25.5 Å². The van der Waals surface area contributed by atoms with Crippen molar-refractivity contribution in [3.8, 4) is 0 Å². The second-order valence-corrected chi connectivity index (χ2v) is 4.06. The van der Waals surface area contributed by atoms with Crippen LogP contribution in [0.5, 0.6) is 0 Å². The number of hydrogen-bond donors (Lipinski definition) is 1. The average Bonchev–Trinajstić information content (AvgIpc) is 2.52. The lowest BCUT2D eigenvalue weighted by atomic mass is 10.4. The Balaban J connectivity index is 2.11. The van der Waals surface area contributed by atoms with E-state index >= 15 is 0 Å². The third kappa shape index (κ3) is 2.04. The fourth-order valence-corrected chi connectivity index (χ4v) is 1.64. The van der Waals surface area contributed by atoms with Crippen molar-refractivity contribution in [3.63, 3.8) is 0 Å². The highest BCUT2D eigenvalue weighted by molar-refractivity contribution is 9.10. The van der Waals surface area contributed by atoms with E-state index in [1.165, 1.54) is 0 Å². The van der Waals surface area contributed by atoms with Gasteiger partial charge in [0.25, 0.3) is 0 Å². The van der Waals surface area contributed by atoms with Crippen LogP contribution in [0.4, 0.5) is 5.69 Å². The molecule has 74 valence electrons. The molecule has 0 aromatic carbocycles. The molecule has 4 nitrogen and oxygen atoms in total. The maximum atomic E-state index is 4.33. The lowest BCUT2D eigenvalue weighted by Gasteiger charge is -2.14. The van der Waals surface area contributed by atoms with E-state index in [0.717, 1.165) is 29.2 Å². The van der Waals surface area contributed by atoms with Gasteiger partial charge in [0.1, 0.15) is 0 Å². The predicted molar refractivity (Wildman–Crippen MR) is 60.5 cm³/mol. The maximum Gasteiger partial charge on any atom is 0.198 e. The highest BCUT2D eigenvalue weighted by Gasteiger charge is 2.11. The summed E-state index contributed by atoms with van der Waals surface area (Å²) in [6.45, 7) is 1.84. The summed E-state index contributed by atoms with van der Waals surface area (Å²) in [4.78, 5) is 10.5. The topological polar surface area (TPSA) is 40.5 Å². The Morgan fingerprint density at radius 3 is 3.00 bits per heavy atom. The molecule has 1 aliphatic rings. The second-order valence-electron chi connectivity index (χ2n) is 3.14. The van der Waals surface area contributed by atoms with E-state index in [1.807, 2.05) is 13.1 Å². The molecule has 14 heavy (non-hydrogen) atoms. The minimum absolute atomic E-state index is 0.861. The zero-order chi connectivity index (χ0) is 9.97. The molecule has 0 saturated heterocycles. The Morgan fingerprint density at radius 1 is 1.50 bits per heavy atom. The van der Waals surface area contributed by atoms with Gasteiger partial charge in [-0.05, 0) is 22.0 Å². The van der Waals surface area contributed by atoms with Crippen molar-refractivity contribution in [1.82, 2.24) is 9.88 Å². The molecule has 0 bridgehead atoms. The Kier molecular flexibility index (Phi) is 2.67. The molecule has 2 rings (SSSR count). The fraction of sp³-hybridized carbons (Fsp3) is 0.333. The molecular weight excluding hydrogens is 244 g/mol. The monoisotopic (exact) mass is 254 g/mol. The van der Waals surface area contributed by atoms with E-state index in [-0.39, 0.29) is 0 Å². The number of hydrogen-bond acceptors (Lipinski definition) is 4. The van der Waals surface area contributed by atoms with Crippen molar-refractivity contribution < 1.29 is 0 Å². The average molecular weight is 255 g/mol. The van der Waals surface area contributed by atoms with Crippen LogP contribution in [-0.4, -0.2) is 36.0 Å². The Hall–Kier alpha value is -1.10. The Bertz CT molecular complexity index is 364. The van der Waals surface area contributed by atoms with Crippen molar-refractivity contribution in [2.45, 2.75) is 0 Å². The van der Waals surface area contributed by atoms with Gasteiger partial charge in [-0.3, -0.25) is 9.98 Å². The largest absolute Gasteiger partial charge is 0.344 e. The molecule has 1 aromatic heterocycles. The number of anilines is 1. The van der Waals surface area contributed by atoms with Crippen molar-refractivity contribution in [2.24, 2.45) is 4.99 Å². The summed E-state index contributed by atoms with van der Waals surface area (Å²) in [6, 6.07) is 1.97. The summed E-state index contributed by atoms with van der Waals surface area (Å²) < 4.78 is 0.962. The van der Waals surface area contributed by atoms with Gasteiger partial charge >= 0.3 is 0 Å². The molecule has 5 heteroatoms. The summed E-state index contributed by atoms with van der Waals surface area (Å²) >= 11 is 3.37.